The highest BCUT2D eigenvalue weighted by molar-refractivity contribution is 5.79. The predicted molar refractivity (Wildman–Crippen MR) is 110 cm³/mol. The molecule has 1 unspecified atom stereocenters. The molecular weight excluding hydrogens is 372 g/mol. The van der Waals surface area contributed by atoms with E-state index in [0.29, 0.717) is 37.1 Å². The maximum absolute atomic E-state index is 5.91. The second-order valence-electron chi connectivity index (χ2n) is 6.32. The van der Waals surface area contributed by atoms with E-state index >= 15 is 0 Å². The van der Waals surface area contributed by atoms with Crippen molar-refractivity contribution in [3.8, 4) is 23.1 Å². The molecule has 154 valence electrons. The van der Waals surface area contributed by atoms with Crippen molar-refractivity contribution in [2.45, 2.75) is 19.4 Å². The number of aromatic nitrogens is 3. The summed E-state index contributed by atoms with van der Waals surface area (Å²) >= 11 is 0. The third-order valence-corrected chi connectivity index (χ3v) is 4.09. The Hall–Kier alpha value is -3.49. The first-order chi connectivity index (χ1) is 14.2. The van der Waals surface area contributed by atoms with Gasteiger partial charge in [-0.05, 0) is 31.2 Å². The lowest BCUT2D eigenvalue weighted by atomic mass is 10.3. The van der Waals surface area contributed by atoms with Gasteiger partial charge >= 0.3 is 0 Å². The Morgan fingerprint density at radius 2 is 2.10 bits per heavy atom. The zero-order valence-corrected chi connectivity index (χ0v) is 16.8. The highest BCUT2D eigenvalue weighted by Crippen LogP contribution is 2.19. The fourth-order valence-electron chi connectivity index (χ4n) is 2.63. The Morgan fingerprint density at radius 1 is 1.24 bits per heavy atom. The van der Waals surface area contributed by atoms with E-state index in [2.05, 4.69) is 30.8 Å². The van der Waals surface area contributed by atoms with Crippen LogP contribution in [0.15, 0.2) is 52.1 Å². The number of hydrogen-bond donors (Lipinski definition) is 3. The van der Waals surface area contributed by atoms with Crippen LogP contribution in [0.5, 0.6) is 11.5 Å². The number of ether oxygens (including phenoxy) is 2. The van der Waals surface area contributed by atoms with Crippen LogP contribution < -0.4 is 20.1 Å². The number of furan rings is 1. The molecule has 29 heavy (non-hydrogen) atoms. The van der Waals surface area contributed by atoms with Gasteiger partial charge in [0.15, 0.2) is 11.7 Å². The summed E-state index contributed by atoms with van der Waals surface area (Å²) in [6.07, 6.45) is 2.22. The van der Waals surface area contributed by atoms with Gasteiger partial charge in [-0.15, -0.1) is 0 Å². The summed E-state index contributed by atoms with van der Waals surface area (Å²) in [5, 5.41) is 13.6. The molecule has 0 aliphatic rings. The number of H-pyrrole nitrogens is 1. The van der Waals surface area contributed by atoms with Gasteiger partial charge in [0.2, 0.25) is 5.82 Å². The zero-order chi connectivity index (χ0) is 20.5. The summed E-state index contributed by atoms with van der Waals surface area (Å²) in [6, 6.07) is 11.2. The lowest BCUT2D eigenvalue weighted by molar-refractivity contribution is 0.223. The average Bonchev–Trinajstić information content (AvgIpc) is 3.42. The highest BCUT2D eigenvalue weighted by Gasteiger charge is 2.09. The summed E-state index contributed by atoms with van der Waals surface area (Å²) in [5.41, 5.74) is 0. The van der Waals surface area contributed by atoms with Gasteiger partial charge in [-0.25, -0.2) is 4.98 Å². The molecule has 2 aromatic heterocycles. The molecule has 0 bridgehead atoms. The van der Waals surface area contributed by atoms with E-state index in [1.54, 1.807) is 20.4 Å². The number of nitrogens with zero attached hydrogens (tertiary/aromatic N) is 3. The number of nitrogens with one attached hydrogen (secondary N) is 3. The van der Waals surface area contributed by atoms with Crippen molar-refractivity contribution in [1.82, 2.24) is 25.8 Å². The first kappa shape index (κ1) is 20.2. The maximum Gasteiger partial charge on any atom is 0.216 e. The van der Waals surface area contributed by atoms with E-state index in [0.717, 1.165) is 17.3 Å². The molecule has 0 aliphatic carbocycles. The number of methoxy groups -OCH3 is 1. The molecule has 1 aromatic carbocycles. The first-order valence-electron chi connectivity index (χ1n) is 9.38. The van der Waals surface area contributed by atoms with Gasteiger partial charge in [-0.1, -0.05) is 6.07 Å². The molecule has 0 saturated heterocycles. The standard InChI is InChI=1S/C20H26N6O3/c1-14(29-16-7-4-6-15(12-16)27-3)13-23-20(21-2)22-10-9-18-24-19(26-25-18)17-8-5-11-28-17/h4-8,11-12,14H,9-10,13H2,1-3H3,(H2,21,22,23)(H,24,25,26). The van der Waals surface area contributed by atoms with E-state index in [1.807, 2.05) is 43.3 Å². The van der Waals surface area contributed by atoms with Crippen LogP contribution in [0.25, 0.3) is 11.6 Å². The minimum atomic E-state index is -0.0502. The highest BCUT2D eigenvalue weighted by atomic mass is 16.5. The molecule has 0 spiro atoms. The number of guanidine groups is 1. The molecule has 1 atom stereocenters. The smallest absolute Gasteiger partial charge is 0.216 e. The van der Waals surface area contributed by atoms with E-state index in [-0.39, 0.29) is 6.10 Å². The molecule has 0 saturated carbocycles. The Balaban J connectivity index is 1.40. The van der Waals surface area contributed by atoms with Crippen molar-refractivity contribution in [3.05, 3.63) is 48.5 Å². The van der Waals surface area contributed by atoms with Gasteiger partial charge in [0.05, 0.1) is 19.9 Å². The largest absolute Gasteiger partial charge is 0.497 e. The normalized spacial score (nSPS) is 12.4. The third kappa shape index (κ3) is 6.00. The van der Waals surface area contributed by atoms with E-state index in [4.69, 9.17) is 13.9 Å². The van der Waals surface area contributed by atoms with E-state index < -0.39 is 0 Å². The molecule has 0 radical (unpaired) electrons. The predicted octanol–water partition coefficient (Wildman–Crippen LogP) is 2.25. The number of benzene rings is 1. The molecule has 0 aliphatic heterocycles. The summed E-state index contributed by atoms with van der Waals surface area (Å²) in [4.78, 5) is 8.65. The summed E-state index contributed by atoms with van der Waals surface area (Å²) < 4.78 is 16.4. The number of hydrogen-bond acceptors (Lipinski definition) is 6. The number of rotatable bonds is 9. The van der Waals surface area contributed by atoms with Crippen LogP contribution in [-0.4, -0.2) is 54.5 Å². The summed E-state index contributed by atoms with van der Waals surface area (Å²) in [7, 11) is 3.36. The monoisotopic (exact) mass is 398 g/mol. The Labute approximate surface area is 169 Å². The minimum absolute atomic E-state index is 0.0502. The van der Waals surface area contributed by atoms with Gasteiger partial charge in [-0.3, -0.25) is 10.1 Å². The molecule has 3 rings (SSSR count). The second-order valence-corrected chi connectivity index (χ2v) is 6.32. The van der Waals surface area contributed by atoms with Crippen LogP contribution in [0.2, 0.25) is 0 Å². The molecule has 9 nitrogen and oxygen atoms in total. The fourth-order valence-corrected chi connectivity index (χ4v) is 2.63. The lowest BCUT2D eigenvalue weighted by Crippen LogP contribution is -2.42. The van der Waals surface area contributed by atoms with Gasteiger partial charge < -0.3 is 24.5 Å². The minimum Gasteiger partial charge on any atom is -0.497 e. The van der Waals surface area contributed by atoms with Crippen molar-refractivity contribution in [2.75, 3.05) is 27.2 Å². The Bertz CT molecular complexity index is 907. The van der Waals surface area contributed by atoms with Crippen molar-refractivity contribution in [3.63, 3.8) is 0 Å². The van der Waals surface area contributed by atoms with Gasteiger partial charge in [0, 0.05) is 26.1 Å². The third-order valence-electron chi connectivity index (χ3n) is 4.09. The van der Waals surface area contributed by atoms with Gasteiger partial charge in [-0.2, -0.15) is 5.10 Å². The van der Waals surface area contributed by atoms with Crippen molar-refractivity contribution < 1.29 is 13.9 Å². The molecule has 9 heteroatoms. The fraction of sp³-hybridized carbons (Fsp3) is 0.350. The topological polar surface area (TPSA) is 110 Å². The molecule has 0 fully saturated rings. The zero-order valence-electron chi connectivity index (χ0n) is 16.8. The van der Waals surface area contributed by atoms with Gasteiger partial charge in [0.1, 0.15) is 23.4 Å². The van der Waals surface area contributed by atoms with E-state index in [9.17, 15) is 0 Å². The second kappa shape index (κ2) is 10.2. The molecular formula is C20H26N6O3. The van der Waals surface area contributed by atoms with Crippen LogP contribution >= 0.6 is 0 Å². The quantitative estimate of drug-likeness (QED) is 0.375. The van der Waals surface area contributed by atoms with Crippen molar-refractivity contribution >= 4 is 5.96 Å². The van der Waals surface area contributed by atoms with Crippen LogP contribution in [0.3, 0.4) is 0 Å². The summed E-state index contributed by atoms with van der Waals surface area (Å²) in [5.74, 6) is 4.19. The SMILES string of the molecule is CN=C(NCCc1nc(-c2ccco2)n[nH]1)NCC(C)Oc1cccc(OC)c1. The molecule has 0 amide bonds. The van der Waals surface area contributed by atoms with Crippen LogP contribution in [0.1, 0.15) is 12.7 Å². The Kier molecular flexibility index (Phi) is 7.10. The van der Waals surface area contributed by atoms with Crippen LogP contribution in [0, 0.1) is 0 Å². The van der Waals surface area contributed by atoms with Gasteiger partial charge in [0.25, 0.3) is 0 Å². The molecule has 2 heterocycles. The maximum atomic E-state index is 5.91. The van der Waals surface area contributed by atoms with Crippen LogP contribution in [-0.2, 0) is 6.42 Å². The average molecular weight is 398 g/mol. The first-order valence-corrected chi connectivity index (χ1v) is 9.38. The number of aliphatic imine (C=N–C) groups is 1. The van der Waals surface area contributed by atoms with Crippen molar-refractivity contribution in [2.24, 2.45) is 4.99 Å². The summed E-state index contributed by atoms with van der Waals surface area (Å²) in [6.45, 7) is 3.24. The Morgan fingerprint density at radius 3 is 2.86 bits per heavy atom. The molecule has 3 N–H and O–H groups in total. The lowest BCUT2D eigenvalue weighted by Gasteiger charge is -2.18. The van der Waals surface area contributed by atoms with Crippen molar-refractivity contribution in [1.29, 1.82) is 0 Å². The van der Waals surface area contributed by atoms with E-state index in [1.165, 1.54) is 0 Å². The molecule has 3 aromatic rings. The number of aromatic amines is 1. The van der Waals surface area contributed by atoms with Crippen LogP contribution in [0.4, 0.5) is 0 Å².